The lowest BCUT2D eigenvalue weighted by Crippen LogP contribution is -2.09. The van der Waals surface area contributed by atoms with E-state index in [0.717, 1.165) is 17.7 Å². The number of hydrogen-bond acceptors (Lipinski definition) is 0. The SMILES string of the molecule is CC1=C/C=C(C(F)(F)F)\C=C\C=C1. The molecule has 0 N–H and O–H groups in total. The molecule has 0 aromatic rings. The van der Waals surface area contributed by atoms with Crippen LogP contribution in [-0.2, 0) is 0 Å². The molecule has 0 amide bonds. The van der Waals surface area contributed by atoms with Gasteiger partial charge in [-0.05, 0) is 13.0 Å². The molecule has 70 valence electrons. The Balaban J connectivity index is 2.99. The summed E-state index contributed by atoms with van der Waals surface area (Å²) in [5.41, 5.74) is 0.169. The van der Waals surface area contributed by atoms with Crippen molar-refractivity contribution in [2.45, 2.75) is 13.1 Å². The van der Waals surface area contributed by atoms with E-state index in [9.17, 15) is 13.2 Å². The zero-order chi connectivity index (χ0) is 9.90. The van der Waals surface area contributed by atoms with Crippen LogP contribution in [0.1, 0.15) is 6.92 Å². The average Bonchev–Trinajstić information content (AvgIpc) is 1.94. The van der Waals surface area contributed by atoms with Gasteiger partial charge in [0, 0.05) is 0 Å². The smallest absolute Gasteiger partial charge is 0.166 e. The van der Waals surface area contributed by atoms with Crippen molar-refractivity contribution in [3.05, 3.63) is 47.6 Å². The lowest BCUT2D eigenvalue weighted by Gasteiger charge is -2.06. The van der Waals surface area contributed by atoms with Gasteiger partial charge in [0.25, 0.3) is 0 Å². The molecule has 0 unspecified atom stereocenters. The van der Waals surface area contributed by atoms with E-state index in [1.165, 1.54) is 12.2 Å². The van der Waals surface area contributed by atoms with Crippen molar-refractivity contribution < 1.29 is 13.2 Å². The highest BCUT2D eigenvalue weighted by Gasteiger charge is 2.31. The molecule has 0 saturated heterocycles. The topological polar surface area (TPSA) is 0 Å². The maximum absolute atomic E-state index is 12.2. The van der Waals surface area contributed by atoms with E-state index >= 15 is 0 Å². The van der Waals surface area contributed by atoms with Crippen LogP contribution < -0.4 is 0 Å². The molecule has 0 fully saturated rings. The molecular formula is C10H9F3. The maximum Gasteiger partial charge on any atom is 0.416 e. The van der Waals surface area contributed by atoms with Crippen molar-refractivity contribution in [1.82, 2.24) is 0 Å². The molecule has 1 aliphatic carbocycles. The Kier molecular flexibility index (Phi) is 2.76. The number of hydrogen-bond donors (Lipinski definition) is 0. The molecule has 0 heterocycles. The normalized spacial score (nSPS) is 24.0. The minimum absolute atomic E-state index is 0.629. The fourth-order valence-electron chi connectivity index (χ4n) is 0.888. The van der Waals surface area contributed by atoms with Crippen molar-refractivity contribution in [2.24, 2.45) is 0 Å². The first-order valence-electron chi connectivity index (χ1n) is 3.80. The maximum atomic E-state index is 12.2. The summed E-state index contributed by atoms with van der Waals surface area (Å²) in [5, 5.41) is 0. The number of rotatable bonds is 0. The Morgan fingerprint density at radius 3 is 2.23 bits per heavy atom. The predicted octanol–water partition coefficient (Wildman–Crippen LogP) is 3.55. The second-order valence-electron chi connectivity index (χ2n) is 2.75. The summed E-state index contributed by atoms with van der Waals surface area (Å²) >= 11 is 0. The largest absolute Gasteiger partial charge is 0.416 e. The van der Waals surface area contributed by atoms with E-state index in [-0.39, 0.29) is 0 Å². The molecule has 0 nitrogen and oxygen atoms in total. The van der Waals surface area contributed by atoms with Crippen LogP contribution in [0.2, 0.25) is 0 Å². The third kappa shape index (κ3) is 2.93. The van der Waals surface area contributed by atoms with Gasteiger partial charge in [-0.2, -0.15) is 13.2 Å². The van der Waals surface area contributed by atoms with E-state index in [0.29, 0.717) is 0 Å². The van der Waals surface area contributed by atoms with E-state index in [1.807, 2.05) is 0 Å². The van der Waals surface area contributed by atoms with Crippen LogP contribution >= 0.6 is 0 Å². The lowest BCUT2D eigenvalue weighted by atomic mass is 10.1. The Labute approximate surface area is 74.8 Å². The molecule has 1 rings (SSSR count). The molecule has 3 heteroatoms. The second kappa shape index (κ2) is 3.64. The summed E-state index contributed by atoms with van der Waals surface area (Å²) in [7, 11) is 0. The third-order valence-corrected chi connectivity index (χ3v) is 1.60. The van der Waals surface area contributed by atoms with Crippen molar-refractivity contribution >= 4 is 0 Å². The molecule has 0 aromatic heterocycles. The monoisotopic (exact) mass is 186 g/mol. The van der Waals surface area contributed by atoms with Crippen molar-refractivity contribution in [1.29, 1.82) is 0 Å². The van der Waals surface area contributed by atoms with Gasteiger partial charge in [0.05, 0.1) is 5.57 Å². The van der Waals surface area contributed by atoms with Gasteiger partial charge in [0.1, 0.15) is 0 Å². The zero-order valence-electron chi connectivity index (χ0n) is 7.10. The number of alkyl halides is 3. The fraction of sp³-hybridized carbons (Fsp3) is 0.200. The number of allylic oxidation sites excluding steroid dienone is 8. The van der Waals surface area contributed by atoms with Gasteiger partial charge in [0.15, 0.2) is 0 Å². The molecule has 0 radical (unpaired) electrons. The molecule has 0 spiro atoms. The van der Waals surface area contributed by atoms with Crippen LogP contribution in [0.15, 0.2) is 47.6 Å². The highest BCUT2D eigenvalue weighted by molar-refractivity contribution is 5.36. The van der Waals surface area contributed by atoms with Crippen LogP contribution in [0.3, 0.4) is 0 Å². The average molecular weight is 186 g/mol. The molecule has 0 bridgehead atoms. The van der Waals surface area contributed by atoms with E-state index in [2.05, 4.69) is 0 Å². The van der Waals surface area contributed by atoms with Gasteiger partial charge in [0.2, 0.25) is 0 Å². The lowest BCUT2D eigenvalue weighted by molar-refractivity contribution is -0.0881. The fourth-order valence-corrected chi connectivity index (χ4v) is 0.888. The first kappa shape index (κ1) is 9.84. The quantitative estimate of drug-likeness (QED) is 0.542. The molecule has 0 atom stereocenters. The van der Waals surface area contributed by atoms with Gasteiger partial charge in [-0.15, -0.1) is 0 Å². The summed E-state index contributed by atoms with van der Waals surface area (Å²) in [5.74, 6) is 0. The van der Waals surface area contributed by atoms with Crippen molar-refractivity contribution in [3.8, 4) is 0 Å². The molecule has 13 heavy (non-hydrogen) atoms. The highest BCUT2D eigenvalue weighted by atomic mass is 19.4. The third-order valence-electron chi connectivity index (χ3n) is 1.60. The van der Waals surface area contributed by atoms with Crippen molar-refractivity contribution in [2.75, 3.05) is 0 Å². The summed E-state index contributed by atoms with van der Waals surface area (Å²) < 4.78 is 36.6. The van der Waals surface area contributed by atoms with Crippen molar-refractivity contribution in [3.63, 3.8) is 0 Å². The molecule has 0 saturated carbocycles. The van der Waals surface area contributed by atoms with Crippen LogP contribution in [-0.4, -0.2) is 6.18 Å². The van der Waals surface area contributed by atoms with Gasteiger partial charge < -0.3 is 0 Å². The Bertz CT molecular complexity index is 301. The molecular weight excluding hydrogens is 177 g/mol. The standard InChI is InChI=1S/C10H9F3/c1-8-4-2-3-5-9(7-6-8)10(11,12)13/h2-7H,1H3/b3-2?,4-2?,5-3+,7-6?,8-4?,8-6?,9-5?,9-7+. The molecule has 0 aliphatic heterocycles. The Morgan fingerprint density at radius 2 is 1.62 bits per heavy atom. The minimum Gasteiger partial charge on any atom is -0.166 e. The van der Waals surface area contributed by atoms with Gasteiger partial charge in [-0.1, -0.05) is 36.0 Å². The highest BCUT2D eigenvalue weighted by Crippen LogP contribution is 2.27. The molecule has 1 aliphatic rings. The first-order valence-corrected chi connectivity index (χ1v) is 3.80. The van der Waals surface area contributed by atoms with Crippen LogP contribution in [0, 0.1) is 0 Å². The van der Waals surface area contributed by atoms with Gasteiger partial charge in [-0.25, -0.2) is 0 Å². The summed E-state index contributed by atoms with van der Waals surface area (Å²) in [6, 6.07) is 0. The first-order chi connectivity index (χ1) is 6.00. The van der Waals surface area contributed by atoms with Gasteiger partial charge in [-0.3, -0.25) is 0 Å². The van der Waals surface area contributed by atoms with E-state index in [4.69, 9.17) is 0 Å². The number of halogens is 3. The summed E-state index contributed by atoms with van der Waals surface area (Å²) in [4.78, 5) is 0. The molecule has 0 aromatic carbocycles. The minimum atomic E-state index is -4.27. The summed E-state index contributed by atoms with van der Waals surface area (Å²) in [6.07, 6.45) is 4.04. The van der Waals surface area contributed by atoms with Crippen LogP contribution in [0.5, 0.6) is 0 Å². The Morgan fingerprint density at radius 1 is 1.00 bits per heavy atom. The van der Waals surface area contributed by atoms with Crippen LogP contribution in [0.4, 0.5) is 13.2 Å². The van der Waals surface area contributed by atoms with E-state index in [1.54, 1.807) is 19.1 Å². The second-order valence-corrected chi connectivity index (χ2v) is 2.75. The zero-order valence-corrected chi connectivity index (χ0v) is 7.10. The van der Waals surface area contributed by atoms with Gasteiger partial charge >= 0.3 is 6.18 Å². The Hall–Kier alpha value is -1.25. The van der Waals surface area contributed by atoms with E-state index < -0.39 is 11.7 Å². The van der Waals surface area contributed by atoms with Crippen LogP contribution in [0.25, 0.3) is 0 Å². The predicted molar refractivity (Wildman–Crippen MR) is 46.2 cm³/mol. The summed E-state index contributed by atoms with van der Waals surface area (Å²) in [6.45, 7) is 1.75.